The molecule has 0 aliphatic carbocycles. The number of benzene rings is 1. The monoisotopic (exact) mass is 410 g/mol. The molecule has 2 aromatic heterocycles. The minimum absolute atomic E-state index is 0.0222. The number of rotatable bonds is 8. The summed E-state index contributed by atoms with van der Waals surface area (Å²) in [5.74, 6) is -2.16. The summed E-state index contributed by atoms with van der Waals surface area (Å²) in [5, 5.41) is 0.251. The number of hydrogen-bond donors (Lipinski definition) is 1. The van der Waals surface area contributed by atoms with E-state index in [0.29, 0.717) is 30.1 Å². The molecule has 1 aromatic carbocycles. The minimum Gasteiger partial charge on any atom is -0.466 e. The van der Waals surface area contributed by atoms with Crippen molar-refractivity contribution in [3.63, 3.8) is 0 Å². The van der Waals surface area contributed by atoms with Crippen LogP contribution in [-0.4, -0.2) is 45.9 Å². The van der Waals surface area contributed by atoms with Crippen molar-refractivity contribution in [2.75, 3.05) is 13.7 Å². The number of aromatic nitrogens is 3. The molecule has 0 saturated carbocycles. The zero-order valence-corrected chi connectivity index (χ0v) is 17.0. The fourth-order valence-corrected chi connectivity index (χ4v) is 3.32. The van der Waals surface area contributed by atoms with Gasteiger partial charge in [0.2, 0.25) is 5.88 Å². The molecule has 3 rings (SSSR count). The van der Waals surface area contributed by atoms with Crippen molar-refractivity contribution in [2.45, 2.75) is 26.8 Å². The summed E-state index contributed by atoms with van der Waals surface area (Å²) in [5.41, 5.74) is 7.40. The topological polar surface area (TPSA) is 126 Å². The van der Waals surface area contributed by atoms with E-state index in [1.54, 1.807) is 6.92 Å². The van der Waals surface area contributed by atoms with Gasteiger partial charge in [-0.25, -0.2) is 9.78 Å². The number of ketones is 1. The van der Waals surface area contributed by atoms with Gasteiger partial charge in [0, 0.05) is 12.2 Å². The quantitative estimate of drug-likeness (QED) is 0.339. The molecule has 2 N–H and O–H groups in total. The van der Waals surface area contributed by atoms with Crippen molar-refractivity contribution in [2.24, 2.45) is 5.73 Å². The maximum Gasteiger partial charge on any atom is 0.343 e. The number of nitrogens with zero attached hydrogens (tertiary/aromatic N) is 3. The predicted molar refractivity (Wildman–Crippen MR) is 108 cm³/mol. The third kappa shape index (κ3) is 4.00. The van der Waals surface area contributed by atoms with Crippen molar-refractivity contribution in [1.82, 2.24) is 14.5 Å². The molecule has 30 heavy (non-hydrogen) atoms. The zero-order valence-electron chi connectivity index (χ0n) is 17.0. The van der Waals surface area contributed by atoms with E-state index in [0.717, 1.165) is 5.56 Å². The molecule has 9 heteroatoms. The number of esters is 1. The Morgan fingerprint density at radius 2 is 1.83 bits per heavy atom. The minimum atomic E-state index is -1.09. The molecule has 1 amide bonds. The van der Waals surface area contributed by atoms with Crippen LogP contribution in [0.25, 0.3) is 11.0 Å². The van der Waals surface area contributed by atoms with Gasteiger partial charge in [-0.1, -0.05) is 37.3 Å². The molecule has 9 nitrogen and oxygen atoms in total. The molecule has 2 heterocycles. The van der Waals surface area contributed by atoms with Gasteiger partial charge in [0.15, 0.2) is 6.61 Å². The lowest BCUT2D eigenvalue weighted by atomic mass is 10.1. The number of ether oxygens (including phenoxy) is 2. The average Bonchev–Trinajstić information content (AvgIpc) is 3.04. The Hall–Kier alpha value is -3.75. The van der Waals surface area contributed by atoms with Gasteiger partial charge in [-0.2, -0.15) is 4.98 Å². The van der Waals surface area contributed by atoms with Crippen molar-refractivity contribution >= 4 is 28.7 Å². The van der Waals surface area contributed by atoms with E-state index in [4.69, 9.17) is 10.5 Å². The number of aryl methyl sites for hydroxylation is 1. The van der Waals surface area contributed by atoms with Crippen LogP contribution in [0.5, 0.6) is 5.88 Å². The Morgan fingerprint density at radius 1 is 1.13 bits per heavy atom. The van der Waals surface area contributed by atoms with Crippen molar-refractivity contribution < 1.29 is 23.9 Å². The van der Waals surface area contributed by atoms with Crippen LogP contribution in [-0.2, 0) is 27.3 Å². The number of nitrogens with two attached hydrogens (primary N) is 1. The fraction of sp³-hybridized carbons (Fsp3) is 0.286. The Labute approximate surface area is 172 Å². The highest BCUT2D eigenvalue weighted by molar-refractivity contribution is 6.45. The van der Waals surface area contributed by atoms with Crippen molar-refractivity contribution in [3.05, 3.63) is 53.0 Å². The second kappa shape index (κ2) is 8.73. The molecule has 0 fully saturated rings. The second-order valence-corrected chi connectivity index (χ2v) is 6.58. The van der Waals surface area contributed by atoms with Crippen LogP contribution in [0.1, 0.15) is 34.4 Å². The van der Waals surface area contributed by atoms with E-state index >= 15 is 0 Å². The number of primary amides is 1. The number of hydrogen-bond acceptors (Lipinski definition) is 7. The highest BCUT2D eigenvalue weighted by Gasteiger charge is 2.29. The fourth-order valence-electron chi connectivity index (χ4n) is 3.32. The van der Waals surface area contributed by atoms with Crippen LogP contribution in [0.2, 0.25) is 0 Å². The molecule has 0 spiro atoms. The summed E-state index contributed by atoms with van der Waals surface area (Å²) < 4.78 is 12.0. The molecule has 156 valence electrons. The smallest absolute Gasteiger partial charge is 0.343 e. The van der Waals surface area contributed by atoms with Crippen LogP contribution in [0.15, 0.2) is 30.3 Å². The summed E-state index contributed by atoms with van der Waals surface area (Å²) in [4.78, 5) is 44.8. The van der Waals surface area contributed by atoms with E-state index in [-0.39, 0.29) is 16.8 Å². The first-order valence-electron chi connectivity index (χ1n) is 9.34. The molecule has 0 atom stereocenters. The average molecular weight is 410 g/mol. The Kier molecular flexibility index (Phi) is 6.10. The maximum absolute atomic E-state index is 12.7. The third-order valence-corrected chi connectivity index (χ3v) is 4.61. The molecule has 3 aromatic rings. The number of fused-ring (bicyclic) bond motifs is 1. The molecule has 0 aliphatic heterocycles. The highest BCUT2D eigenvalue weighted by atomic mass is 16.6. The largest absolute Gasteiger partial charge is 0.466 e. The second-order valence-electron chi connectivity index (χ2n) is 6.58. The summed E-state index contributed by atoms with van der Waals surface area (Å²) in [6.45, 7) is 3.55. The van der Waals surface area contributed by atoms with Crippen LogP contribution >= 0.6 is 0 Å². The van der Waals surface area contributed by atoms with E-state index in [1.165, 1.54) is 7.11 Å². The number of carbonyl (C=O) groups excluding carboxylic acids is 3. The van der Waals surface area contributed by atoms with Gasteiger partial charge in [0.25, 0.3) is 11.7 Å². The van der Waals surface area contributed by atoms with E-state index in [9.17, 15) is 14.4 Å². The summed E-state index contributed by atoms with van der Waals surface area (Å²) >= 11 is 0. The molecular weight excluding hydrogens is 388 g/mol. The van der Waals surface area contributed by atoms with Gasteiger partial charge in [0.05, 0.1) is 18.1 Å². The first kappa shape index (κ1) is 21.0. The maximum atomic E-state index is 12.7. The van der Waals surface area contributed by atoms with Gasteiger partial charge < -0.3 is 19.8 Å². The molecular formula is C21H22N4O5. The van der Waals surface area contributed by atoms with Gasteiger partial charge in [0.1, 0.15) is 11.5 Å². The first-order valence-corrected chi connectivity index (χ1v) is 9.34. The van der Waals surface area contributed by atoms with E-state index in [1.807, 2.05) is 41.8 Å². The third-order valence-electron chi connectivity index (χ3n) is 4.61. The van der Waals surface area contributed by atoms with Gasteiger partial charge in [-0.15, -0.1) is 0 Å². The van der Waals surface area contributed by atoms with Crippen LogP contribution in [0.3, 0.4) is 0 Å². The van der Waals surface area contributed by atoms with Crippen molar-refractivity contribution in [3.8, 4) is 5.88 Å². The standard InChI is InChI=1S/C21H22N4O5/c1-4-14-16(18(27)19(22)28)17-20(25(14)10-13-8-6-5-7-9-13)23-12(2)24-21(17)30-11-15(26)29-3/h5-9H,4,10-11H2,1-3H3,(H2,22,28). The Balaban J connectivity index is 2.29. The van der Waals surface area contributed by atoms with E-state index in [2.05, 4.69) is 14.7 Å². The molecule has 0 unspecified atom stereocenters. The lowest BCUT2D eigenvalue weighted by Gasteiger charge is -2.10. The number of methoxy groups -OCH3 is 1. The molecule has 0 saturated heterocycles. The highest BCUT2D eigenvalue weighted by Crippen LogP contribution is 2.33. The zero-order chi connectivity index (χ0) is 21.8. The van der Waals surface area contributed by atoms with Crippen LogP contribution < -0.4 is 10.5 Å². The predicted octanol–water partition coefficient (Wildman–Crippen LogP) is 1.57. The van der Waals surface area contributed by atoms with Gasteiger partial charge in [-0.05, 0) is 18.9 Å². The molecule has 0 aliphatic rings. The summed E-state index contributed by atoms with van der Waals surface area (Å²) in [7, 11) is 1.24. The lowest BCUT2D eigenvalue weighted by molar-refractivity contribution is -0.143. The number of carbonyl (C=O) groups is 3. The van der Waals surface area contributed by atoms with Gasteiger partial charge >= 0.3 is 5.97 Å². The molecule has 0 radical (unpaired) electrons. The van der Waals surface area contributed by atoms with Crippen LogP contribution in [0.4, 0.5) is 0 Å². The number of Topliss-reactive ketones (excluding diaryl/α,β-unsaturated/α-hetero) is 1. The van der Waals surface area contributed by atoms with Gasteiger partial charge in [-0.3, -0.25) is 9.59 Å². The van der Waals surface area contributed by atoms with Crippen molar-refractivity contribution in [1.29, 1.82) is 0 Å². The van der Waals surface area contributed by atoms with E-state index < -0.39 is 24.3 Å². The summed E-state index contributed by atoms with van der Waals surface area (Å²) in [6, 6.07) is 9.62. The first-order chi connectivity index (χ1) is 14.4. The molecule has 0 bridgehead atoms. The Bertz CT molecular complexity index is 1120. The SMILES string of the molecule is CCc1c(C(=O)C(N)=O)c2c(OCC(=O)OC)nc(C)nc2n1Cc1ccccc1. The van der Waals surface area contributed by atoms with Crippen LogP contribution in [0, 0.1) is 6.92 Å². The lowest BCUT2D eigenvalue weighted by Crippen LogP contribution is -2.24. The normalized spacial score (nSPS) is 10.8. The number of amides is 1. The summed E-state index contributed by atoms with van der Waals surface area (Å²) in [6.07, 6.45) is 0.438. The Morgan fingerprint density at radius 3 is 2.43 bits per heavy atom.